The van der Waals surface area contributed by atoms with E-state index in [9.17, 15) is 19.2 Å². The first-order valence-corrected chi connectivity index (χ1v) is 13.2. The first kappa shape index (κ1) is 30.4. The zero-order chi connectivity index (χ0) is 29.6. The molecule has 0 aromatic heterocycles. The summed E-state index contributed by atoms with van der Waals surface area (Å²) < 4.78 is 20.4. The number of benzene rings is 2. The zero-order valence-corrected chi connectivity index (χ0v) is 24.3. The number of carbonyl (C=O) groups is 4. The standard InChI is InChI=1S/C31H32O8S/c1-31(2,3)26-21(20(18-14-10-8-11-15-18)19-16-12-9-13-17-19)22(27(32)36-4)23(28(33)37-5)24(29(34)38-6)25(40-26)30(35)39-7/h8-17,26H,1-7H3. The highest BCUT2D eigenvalue weighted by atomic mass is 32.2. The molecule has 0 fully saturated rings. The largest absolute Gasteiger partial charge is 0.465 e. The maximum Gasteiger partial charge on any atom is 0.345 e. The SMILES string of the molecule is COC(=O)C1=C(C(=O)OC)C(C(=O)OC)=C(C(=O)OC)C(=C(c2ccccc2)c2ccccc2)C(C(C)(C)C)S1. The summed E-state index contributed by atoms with van der Waals surface area (Å²) in [5.74, 6) is -3.78. The van der Waals surface area contributed by atoms with Crippen molar-refractivity contribution in [2.24, 2.45) is 5.41 Å². The number of methoxy groups -OCH3 is 4. The lowest BCUT2D eigenvalue weighted by atomic mass is 9.77. The van der Waals surface area contributed by atoms with Gasteiger partial charge in [0.1, 0.15) is 4.91 Å². The fraction of sp³-hybridized carbons (Fsp3) is 0.290. The van der Waals surface area contributed by atoms with Gasteiger partial charge in [-0.1, -0.05) is 81.4 Å². The molecule has 8 nitrogen and oxygen atoms in total. The van der Waals surface area contributed by atoms with Gasteiger partial charge in [0.15, 0.2) is 0 Å². The summed E-state index contributed by atoms with van der Waals surface area (Å²) in [6, 6.07) is 18.7. The lowest BCUT2D eigenvalue weighted by Crippen LogP contribution is -2.30. The maximum absolute atomic E-state index is 13.8. The van der Waals surface area contributed by atoms with Crippen molar-refractivity contribution in [3.05, 3.63) is 99.0 Å². The molecule has 1 aliphatic heterocycles. The van der Waals surface area contributed by atoms with Crippen molar-refractivity contribution in [3.63, 3.8) is 0 Å². The van der Waals surface area contributed by atoms with E-state index in [2.05, 4.69) is 0 Å². The zero-order valence-electron chi connectivity index (χ0n) is 23.5. The Kier molecular flexibility index (Phi) is 9.76. The van der Waals surface area contributed by atoms with Crippen LogP contribution < -0.4 is 0 Å². The van der Waals surface area contributed by atoms with Gasteiger partial charge in [-0.3, -0.25) is 0 Å². The Hall–Kier alpha value is -4.11. The summed E-state index contributed by atoms with van der Waals surface area (Å²) in [5.41, 5.74) is 0.768. The predicted molar refractivity (Wildman–Crippen MR) is 152 cm³/mol. The third-order valence-corrected chi connectivity index (χ3v) is 8.00. The number of ether oxygens (including phenoxy) is 4. The average Bonchev–Trinajstić information content (AvgIpc) is 3.12. The summed E-state index contributed by atoms with van der Waals surface area (Å²) in [7, 11) is 4.58. The van der Waals surface area contributed by atoms with E-state index < -0.39 is 45.7 Å². The van der Waals surface area contributed by atoms with Crippen molar-refractivity contribution < 1.29 is 38.1 Å². The molecule has 1 unspecified atom stereocenters. The molecule has 2 aromatic rings. The lowest BCUT2D eigenvalue weighted by Gasteiger charge is -2.34. The van der Waals surface area contributed by atoms with E-state index in [1.165, 1.54) is 14.2 Å². The van der Waals surface area contributed by atoms with Gasteiger partial charge < -0.3 is 18.9 Å². The Morgan fingerprint density at radius 2 is 1.00 bits per heavy atom. The third kappa shape index (κ3) is 6.04. The molecular weight excluding hydrogens is 532 g/mol. The molecule has 3 rings (SSSR count). The molecule has 2 aromatic carbocycles. The number of thioether (sulfide) groups is 1. The Morgan fingerprint density at radius 1 is 0.600 bits per heavy atom. The van der Waals surface area contributed by atoms with Gasteiger partial charge in [0.05, 0.1) is 45.2 Å². The molecule has 0 bridgehead atoms. The van der Waals surface area contributed by atoms with Gasteiger partial charge in [0.2, 0.25) is 0 Å². The van der Waals surface area contributed by atoms with E-state index in [4.69, 9.17) is 18.9 Å². The number of rotatable bonds is 6. The van der Waals surface area contributed by atoms with E-state index >= 15 is 0 Å². The third-order valence-electron chi connectivity index (χ3n) is 6.21. The molecule has 0 spiro atoms. The second kappa shape index (κ2) is 12.8. The molecule has 0 N–H and O–H groups in total. The van der Waals surface area contributed by atoms with Crippen LogP contribution in [-0.2, 0) is 38.1 Å². The molecule has 0 saturated carbocycles. The maximum atomic E-state index is 13.8. The van der Waals surface area contributed by atoms with Gasteiger partial charge in [-0.05, 0) is 27.7 Å². The van der Waals surface area contributed by atoms with Gasteiger partial charge in [-0.15, -0.1) is 11.8 Å². The summed E-state index contributed by atoms with van der Waals surface area (Å²) >= 11 is 1.02. The topological polar surface area (TPSA) is 105 Å². The van der Waals surface area contributed by atoms with Gasteiger partial charge in [-0.2, -0.15) is 0 Å². The van der Waals surface area contributed by atoms with Crippen LogP contribution >= 0.6 is 11.8 Å². The molecule has 0 amide bonds. The quantitative estimate of drug-likeness (QED) is 0.358. The van der Waals surface area contributed by atoms with E-state index in [1.807, 2.05) is 81.4 Å². The monoisotopic (exact) mass is 564 g/mol. The van der Waals surface area contributed by atoms with Crippen molar-refractivity contribution in [2.75, 3.05) is 28.4 Å². The van der Waals surface area contributed by atoms with Crippen LogP contribution in [0.15, 0.2) is 87.9 Å². The fourth-order valence-corrected chi connectivity index (χ4v) is 5.88. The van der Waals surface area contributed by atoms with Gasteiger partial charge in [-0.25, -0.2) is 19.2 Å². The molecule has 1 aliphatic rings. The summed E-state index contributed by atoms with van der Waals surface area (Å²) in [6.07, 6.45) is 0. The minimum atomic E-state index is -1.02. The minimum Gasteiger partial charge on any atom is -0.465 e. The van der Waals surface area contributed by atoms with Crippen molar-refractivity contribution in [3.8, 4) is 0 Å². The van der Waals surface area contributed by atoms with Crippen molar-refractivity contribution in [1.82, 2.24) is 0 Å². The van der Waals surface area contributed by atoms with Gasteiger partial charge >= 0.3 is 23.9 Å². The highest BCUT2D eigenvalue weighted by Crippen LogP contribution is 2.51. The van der Waals surface area contributed by atoms with E-state index in [1.54, 1.807) is 0 Å². The minimum absolute atomic E-state index is 0.188. The molecule has 210 valence electrons. The number of hydrogen-bond donors (Lipinski definition) is 0. The summed E-state index contributed by atoms with van der Waals surface area (Å²) in [5, 5.41) is -0.673. The number of hydrogen-bond acceptors (Lipinski definition) is 9. The molecule has 40 heavy (non-hydrogen) atoms. The second-order valence-electron chi connectivity index (χ2n) is 9.81. The van der Waals surface area contributed by atoms with E-state index in [0.29, 0.717) is 11.1 Å². The van der Waals surface area contributed by atoms with Crippen LogP contribution in [0.5, 0.6) is 0 Å². The Balaban J connectivity index is 2.76. The van der Waals surface area contributed by atoms with Crippen molar-refractivity contribution >= 4 is 41.2 Å². The Labute approximate surface area is 238 Å². The first-order valence-electron chi connectivity index (χ1n) is 12.4. The Bertz CT molecular complexity index is 1350. The van der Waals surface area contributed by atoms with Crippen LogP contribution in [0.4, 0.5) is 0 Å². The van der Waals surface area contributed by atoms with E-state index in [0.717, 1.165) is 37.1 Å². The molecule has 0 radical (unpaired) electrons. The summed E-state index contributed by atoms with van der Waals surface area (Å²) in [4.78, 5) is 53.6. The molecular formula is C31H32O8S. The predicted octanol–water partition coefficient (Wildman–Crippen LogP) is 4.89. The Morgan fingerprint density at radius 3 is 1.40 bits per heavy atom. The smallest absolute Gasteiger partial charge is 0.345 e. The highest BCUT2D eigenvalue weighted by Gasteiger charge is 2.46. The number of carbonyl (C=O) groups excluding carboxylic acids is 4. The molecule has 0 saturated heterocycles. The van der Waals surface area contributed by atoms with Crippen LogP contribution in [-0.4, -0.2) is 57.6 Å². The van der Waals surface area contributed by atoms with Crippen LogP contribution in [0.2, 0.25) is 0 Å². The van der Waals surface area contributed by atoms with Gasteiger partial charge in [0.25, 0.3) is 0 Å². The van der Waals surface area contributed by atoms with Crippen molar-refractivity contribution in [1.29, 1.82) is 0 Å². The van der Waals surface area contributed by atoms with Crippen LogP contribution in [0.1, 0.15) is 31.9 Å². The molecule has 1 heterocycles. The average molecular weight is 565 g/mol. The van der Waals surface area contributed by atoms with E-state index in [-0.39, 0.29) is 10.5 Å². The van der Waals surface area contributed by atoms with Crippen LogP contribution in [0, 0.1) is 5.41 Å². The molecule has 1 atom stereocenters. The highest BCUT2D eigenvalue weighted by molar-refractivity contribution is 8.04. The normalized spacial score (nSPS) is 15.7. The van der Waals surface area contributed by atoms with Crippen LogP contribution in [0.25, 0.3) is 5.57 Å². The fourth-order valence-electron chi connectivity index (χ4n) is 4.45. The second-order valence-corrected chi connectivity index (χ2v) is 10.9. The lowest BCUT2D eigenvalue weighted by molar-refractivity contribution is -0.141. The van der Waals surface area contributed by atoms with Crippen molar-refractivity contribution in [2.45, 2.75) is 26.0 Å². The molecule has 0 aliphatic carbocycles. The van der Waals surface area contributed by atoms with Crippen LogP contribution in [0.3, 0.4) is 0 Å². The number of esters is 4. The molecule has 9 heteroatoms. The summed E-state index contributed by atoms with van der Waals surface area (Å²) in [6.45, 7) is 5.80. The van der Waals surface area contributed by atoms with Gasteiger partial charge in [0, 0.05) is 5.25 Å². The first-order chi connectivity index (χ1) is 19.0.